The highest BCUT2D eigenvalue weighted by Crippen LogP contribution is 2.32. The molecule has 1 atom stereocenters. The zero-order valence-corrected chi connectivity index (χ0v) is 10.2. The third-order valence-corrected chi connectivity index (χ3v) is 2.81. The van der Waals surface area contributed by atoms with Crippen LogP contribution >= 0.6 is 15.9 Å². The van der Waals surface area contributed by atoms with E-state index in [4.69, 9.17) is 9.47 Å². The third kappa shape index (κ3) is 1.91. The van der Waals surface area contributed by atoms with Gasteiger partial charge in [-0.2, -0.15) is 5.10 Å². The summed E-state index contributed by atoms with van der Waals surface area (Å²) in [7, 11) is 0. The average molecular weight is 293 g/mol. The molecule has 0 spiro atoms. The van der Waals surface area contributed by atoms with Crippen LogP contribution in [0.25, 0.3) is 0 Å². The summed E-state index contributed by atoms with van der Waals surface area (Å²) in [6, 6.07) is 0. The molecule has 16 heavy (non-hydrogen) atoms. The van der Waals surface area contributed by atoms with Gasteiger partial charge in [0.15, 0.2) is 11.9 Å². The van der Waals surface area contributed by atoms with Crippen molar-refractivity contribution in [1.29, 1.82) is 0 Å². The predicted molar refractivity (Wildman–Crippen MR) is 56.3 cm³/mol. The fourth-order valence-corrected chi connectivity index (χ4v) is 1.99. The second-order valence-electron chi connectivity index (χ2n) is 3.28. The van der Waals surface area contributed by atoms with Gasteiger partial charge < -0.3 is 9.47 Å². The summed E-state index contributed by atoms with van der Waals surface area (Å²) in [5, 5.41) is 3.95. The molecule has 2 heterocycles. The summed E-state index contributed by atoms with van der Waals surface area (Å²) in [4.78, 5) is 11.5. The van der Waals surface area contributed by atoms with E-state index in [9.17, 15) is 9.18 Å². The van der Waals surface area contributed by atoms with Crippen LogP contribution in [0.15, 0.2) is 4.47 Å². The largest absolute Gasteiger partial charge is 0.474 e. The number of hydrogen-bond donors (Lipinski definition) is 0. The minimum Gasteiger partial charge on any atom is -0.474 e. The van der Waals surface area contributed by atoms with Gasteiger partial charge in [0.1, 0.15) is 11.1 Å². The first kappa shape index (κ1) is 11.4. The molecule has 0 unspecified atom stereocenters. The first-order valence-corrected chi connectivity index (χ1v) is 5.63. The number of alkyl halides is 1. The van der Waals surface area contributed by atoms with E-state index < -0.39 is 12.1 Å². The van der Waals surface area contributed by atoms with E-state index in [1.807, 2.05) is 0 Å². The van der Waals surface area contributed by atoms with E-state index in [2.05, 4.69) is 21.0 Å². The number of ether oxygens (including phenoxy) is 2. The summed E-state index contributed by atoms with van der Waals surface area (Å²) in [5.74, 6) is -0.174. The Labute approximate surface area is 99.6 Å². The summed E-state index contributed by atoms with van der Waals surface area (Å²) < 4.78 is 24.7. The van der Waals surface area contributed by atoms with E-state index >= 15 is 0 Å². The first-order valence-electron chi connectivity index (χ1n) is 4.83. The van der Waals surface area contributed by atoms with Crippen molar-refractivity contribution in [3.8, 4) is 5.88 Å². The van der Waals surface area contributed by atoms with Crippen molar-refractivity contribution >= 4 is 21.9 Å². The van der Waals surface area contributed by atoms with Crippen molar-refractivity contribution in [2.75, 3.05) is 13.2 Å². The van der Waals surface area contributed by atoms with Gasteiger partial charge in [-0.25, -0.2) is 13.9 Å². The minimum atomic E-state index is -1.10. The van der Waals surface area contributed by atoms with Crippen LogP contribution in [0.3, 0.4) is 0 Å². The lowest BCUT2D eigenvalue weighted by molar-refractivity contribution is 0.0516. The van der Waals surface area contributed by atoms with Crippen molar-refractivity contribution in [3.63, 3.8) is 0 Å². The molecule has 0 saturated carbocycles. The Kier molecular flexibility index (Phi) is 3.13. The molecule has 1 aromatic heterocycles. The Balaban J connectivity index is 2.32. The molecule has 0 fully saturated rings. The standard InChI is InChI=1S/C9H10BrFN2O3/c1-2-15-9(14)7-6(10)8-13(12-7)3-5(11)4-16-8/h5H,2-4H2,1H3/t5-/m1/s1. The van der Waals surface area contributed by atoms with Gasteiger partial charge in [0.2, 0.25) is 5.88 Å². The quantitative estimate of drug-likeness (QED) is 0.776. The normalized spacial score (nSPS) is 18.8. The highest BCUT2D eigenvalue weighted by molar-refractivity contribution is 9.10. The van der Waals surface area contributed by atoms with Gasteiger partial charge in [-0.05, 0) is 22.9 Å². The molecule has 0 bridgehead atoms. The number of nitrogens with zero attached hydrogens (tertiary/aromatic N) is 2. The van der Waals surface area contributed by atoms with Gasteiger partial charge in [0.25, 0.3) is 0 Å². The van der Waals surface area contributed by atoms with Crippen molar-refractivity contribution in [3.05, 3.63) is 10.2 Å². The second-order valence-corrected chi connectivity index (χ2v) is 4.07. The van der Waals surface area contributed by atoms with Crippen molar-refractivity contribution in [2.45, 2.75) is 19.6 Å². The topological polar surface area (TPSA) is 53.3 Å². The van der Waals surface area contributed by atoms with Crippen LogP contribution in [0.4, 0.5) is 4.39 Å². The molecular formula is C9H10BrFN2O3. The van der Waals surface area contributed by atoms with Gasteiger partial charge in [0.05, 0.1) is 13.2 Å². The monoisotopic (exact) mass is 292 g/mol. The van der Waals surface area contributed by atoms with Crippen LogP contribution < -0.4 is 4.74 Å². The highest BCUT2D eigenvalue weighted by atomic mass is 79.9. The number of hydrogen-bond acceptors (Lipinski definition) is 4. The molecule has 2 rings (SSSR count). The lowest BCUT2D eigenvalue weighted by Gasteiger charge is -2.18. The second kappa shape index (κ2) is 4.40. The molecule has 1 aliphatic heterocycles. The maximum atomic E-state index is 13.0. The molecule has 0 aromatic carbocycles. The SMILES string of the molecule is CCOC(=O)c1nn2c(c1Br)OC[C@H](F)C2. The molecule has 7 heteroatoms. The number of fused-ring (bicyclic) bond motifs is 1. The molecule has 0 N–H and O–H groups in total. The average Bonchev–Trinajstić information content (AvgIpc) is 2.56. The summed E-state index contributed by atoms with van der Waals surface area (Å²) >= 11 is 3.20. The third-order valence-electron chi connectivity index (χ3n) is 2.09. The van der Waals surface area contributed by atoms with Gasteiger partial charge in [-0.1, -0.05) is 0 Å². The van der Waals surface area contributed by atoms with E-state index in [0.29, 0.717) is 10.4 Å². The number of esters is 1. The number of rotatable bonds is 2. The summed E-state index contributed by atoms with van der Waals surface area (Å²) in [6.45, 7) is 2.04. The van der Waals surface area contributed by atoms with E-state index in [1.165, 1.54) is 4.68 Å². The Morgan fingerprint density at radius 2 is 2.56 bits per heavy atom. The maximum Gasteiger partial charge on any atom is 0.360 e. The Hall–Kier alpha value is -1.11. The van der Waals surface area contributed by atoms with Crippen LogP contribution in [0.1, 0.15) is 17.4 Å². The molecule has 1 aromatic rings. The van der Waals surface area contributed by atoms with Crippen LogP contribution in [0, 0.1) is 0 Å². The van der Waals surface area contributed by atoms with Crippen LogP contribution in [0.5, 0.6) is 5.88 Å². The van der Waals surface area contributed by atoms with Crippen LogP contribution in [-0.4, -0.2) is 35.1 Å². The van der Waals surface area contributed by atoms with E-state index in [1.54, 1.807) is 6.92 Å². The zero-order valence-electron chi connectivity index (χ0n) is 8.57. The molecule has 0 saturated heterocycles. The number of halogens is 2. The Morgan fingerprint density at radius 1 is 1.81 bits per heavy atom. The lowest BCUT2D eigenvalue weighted by Crippen LogP contribution is -2.26. The van der Waals surface area contributed by atoms with Crippen molar-refractivity contribution in [1.82, 2.24) is 9.78 Å². The number of carbonyl (C=O) groups is 1. The summed E-state index contributed by atoms with van der Waals surface area (Å²) in [5.41, 5.74) is 0.117. The molecular weight excluding hydrogens is 283 g/mol. The molecule has 0 aliphatic carbocycles. The molecule has 0 radical (unpaired) electrons. The van der Waals surface area contributed by atoms with Crippen LogP contribution in [-0.2, 0) is 11.3 Å². The Bertz CT molecular complexity index is 421. The van der Waals surface area contributed by atoms with Gasteiger partial charge in [-0.15, -0.1) is 0 Å². The summed E-state index contributed by atoms with van der Waals surface area (Å²) in [6.07, 6.45) is -1.10. The predicted octanol–water partition coefficient (Wildman–Crippen LogP) is 1.55. The van der Waals surface area contributed by atoms with E-state index in [0.717, 1.165) is 0 Å². The fraction of sp³-hybridized carbons (Fsp3) is 0.556. The van der Waals surface area contributed by atoms with Crippen LogP contribution in [0.2, 0.25) is 0 Å². The van der Waals surface area contributed by atoms with Gasteiger partial charge >= 0.3 is 5.97 Å². The lowest BCUT2D eigenvalue weighted by atomic mass is 10.4. The molecule has 1 aliphatic rings. The number of aromatic nitrogens is 2. The Morgan fingerprint density at radius 3 is 3.25 bits per heavy atom. The molecule has 0 amide bonds. The van der Waals surface area contributed by atoms with Gasteiger partial charge in [0, 0.05) is 0 Å². The minimum absolute atomic E-state index is 0.0213. The highest BCUT2D eigenvalue weighted by Gasteiger charge is 2.28. The molecule has 88 valence electrons. The fourth-order valence-electron chi connectivity index (χ4n) is 1.43. The van der Waals surface area contributed by atoms with E-state index in [-0.39, 0.29) is 25.5 Å². The van der Waals surface area contributed by atoms with Gasteiger partial charge in [-0.3, -0.25) is 0 Å². The maximum absolute atomic E-state index is 13.0. The number of carbonyl (C=O) groups excluding carboxylic acids is 1. The first-order chi connectivity index (χ1) is 7.63. The van der Waals surface area contributed by atoms with Crippen molar-refractivity contribution < 1.29 is 18.7 Å². The molecule has 5 nitrogen and oxygen atoms in total. The smallest absolute Gasteiger partial charge is 0.360 e. The zero-order chi connectivity index (χ0) is 11.7. The van der Waals surface area contributed by atoms with Crippen molar-refractivity contribution in [2.24, 2.45) is 0 Å².